The van der Waals surface area contributed by atoms with Gasteiger partial charge in [0.25, 0.3) is 0 Å². The Bertz CT molecular complexity index is 503. The van der Waals surface area contributed by atoms with Crippen molar-refractivity contribution in [1.29, 1.82) is 0 Å². The molecule has 1 saturated carbocycles. The summed E-state index contributed by atoms with van der Waals surface area (Å²) in [5, 5.41) is 21.0. The van der Waals surface area contributed by atoms with Gasteiger partial charge in [0.15, 0.2) is 5.75 Å². The van der Waals surface area contributed by atoms with Gasteiger partial charge in [-0.05, 0) is 28.8 Å². The van der Waals surface area contributed by atoms with E-state index in [0.29, 0.717) is 12.8 Å². The molecule has 1 aromatic rings. The van der Waals surface area contributed by atoms with Crippen LogP contribution >= 0.6 is 15.9 Å². The maximum absolute atomic E-state index is 13.4. The summed E-state index contributed by atoms with van der Waals surface area (Å²) in [6, 6.07) is 2.02. The summed E-state index contributed by atoms with van der Waals surface area (Å²) in [7, 11) is 0. The molecule has 0 saturated heterocycles. The third kappa shape index (κ3) is 3.22. The molecule has 5 nitrogen and oxygen atoms in total. The maximum Gasteiger partial charge on any atom is 0.312 e. The number of hydrogen-bond donors (Lipinski definition) is 1. The van der Waals surface area contributed by atoms with Crippen LogP contribution in [0.4, 0.5) is 10.1 Å². The Labute approximate surface area is 117 Å². The van der Waals surface area contributed by atoms with E-state index in [2.05, 4.69) is 15.9 Å². The molecule has 1 N–H and O–H groups in total. The summed E-state index contributed by atoms with van der Waals surface area (Å²) in [5.41, 5.74) is -1.29. The van der Waals surface area contributed by atoms with E-state index in [9.17, 15) is 19.6 Å². The first-order valence-corrected chi connectivity index (χ1v) is 6.69. The summed E-state index contributed by atoms with van der Waals surface area (Å²) in [4.78, 5) is 10.2. The number of nitro benzene ring substituents is 1. The number of aliphatic hydroxyl groups is 1. The zero-order valence-electron chi connectivity index (χ0n) is 10.1. The minimum absolute atomic E-state index is 0.00567. The van der Waals surface area contributed by atoms with Crippen LogP contribution in [0, 0.1) is 15.9 Å². The van der Waals surface area contributed by atoms with Crippen molar-refractivity contribution in [2.24, 2.45) is 0 Å². The smallest absolute Gasteiger partial charge is 0.312 e. The zero-order valence-corrected chi connectivity index (χ0v) is 11.7. The molecule has 0 heterocycles. The van der Waals surface area contributed by atoms with Gasteiger partial charge in [-0.2, -0.15) is 0 Å². The normalized spacial score (nSPS) is 17.4. The molecule has 0 spiro atoms. The Kier molecular flexibility index (Phi) is 4.05. The van der Waals surface area contributed by atoms with E-state index < -0.39 is 16.3 Å². The predicted molar refractivity (Wildman–Crippen MR) is 69.7 cm³/mol. The van der Waals surface area contributed by atoms with E-state index in [1.807, 2.05) is 0 Å². The van der Waals surface area contributed by atoms with Gasteiger partial charge in [-0.3, -0.25) is 10.1 Å². The molecule has 1 fully saturated rings. The van der Waals surface area contributed by atoms with Gasteiger partial charge in [-0.25, -0.2) is 4.39 Å². The first-order chi connectivity index (χ1) is 8.91. The van der Waals surface area contributed by atoms with E-state index >= 15 is 0 Å². The number of halogens is 2. The van der Waals surface area contributed by atoms with Crippen molar-refractivity contribution < 1.29 is 19.2 Å². The molecule has 1 aromatic carbocycles. The van der Waals surface area contributed by atoms with Gasteiger partial charge < -0.3 is 9.84 Å². The van der Waals surface area contributed by atoms with Crippen LogP contribution in [0.3, 0.4) is 0 Å². The van der Waals surface area contributed by atoms with Crippen LogP contribution in [0.25, 0.3) is 0 Å². The predicted octanol–water partition coefficient (Wildman–Crippen LogP) is 3.18. The Balaban J connectivity index is 2.19. The highest BCUT2D eigenvalue weighted by Crippen LogP contribution is 2.35. The quantitative estimate of drug-likeness (QED) is 0.678. The molecular weight excluding hydrogens is 321 g/mol. The molecule has 7 heteroatoms. The van der Waals surface area contributed by atoms with Gasteiger partial charge in [0, 0.05) is 12.1 Å². The van der Waals surface area contributed by atoms with Gasteiger partial charge in [0.1, 0.15) is 12.4 Å². The van der Waals surface area contributed by atoms with E-state index in [4.69, 9.17) is 4.74 Å². The highest BCUT2D eigenvalue weighted by molar-refractivity contribution is 9.10. The van der Waals surface area contributed by atoms with Crippen molar-refractivity contribution in [1.82, 2.24) is 0 Å². The van der Waals surface area contributed by atoms with Crippen molar-refractivity contribution in [2.75, 3.05) is 6.61 Å². The fourth-order valence-electron chi connectivity index (χ4n) is 2.17. The topological polar surface area (TPSA) is 72.6 Å². The molecule has 2 rings (SSSR count). The molecule has 0 radical (unpaired) electrons. The zero-order chi connectivity index (χ0) is 14.0. The Morgan fingerprint density at radius 3 is 2.68 bits per heavy atom. The molecule has 104 valence electrons. The minimum atomic E-state index is -0.961. The average Bonchev–Trinajstić information content (AvgIpc) is 2.77. The minimum Gasteiger partial charge on any atom is -0.484 e. The van der Waals surface area contributed by atoms with E-state index in [1.54, 1.807) is 0 Å². The highest BCUT2D eigenvalue weighted by Gasteiger charge is 2.33. The first-order valence-electron chi connectivity index (χ1n) is 5.90. The molecule has 0 amide bonds. The standard InChI is InChI=1S/C12H13BrFNO4/c13-8-5-10(15(17)18)11(6-9(8)14)19-7-12(16)3-1-2-4-12/h5-6,16H,1-4,7H2. The van der Waals surface area contributed by atoms with Crippen molar-refractivity contribution in [2.45, 2.75) is 31.3 Å². The number of rotatable bonds is 4. The molecule has 0 bridgehead atoms. The fourth-order valence-corrected chi connectivity index (χ4v) is 2.50. The number of benzene rings is 1. The first kappa shape index (κ1) is 14.2. The third-order valence-corrected chi connectivity index (χ3v) is 3.84. The lowest BCUT2D eigenvalue weighted by molar-refractivity contribution is -0.386. The van der Waals surface area contributed by atoms with Crippen molar-refractivity contribution in [3.05, 3.63) is 32.5 Å². The van der Waals surface area contributed by atoms with Crippen molar-refractivity contribution in [3.8, 4) is 5.75 Å². The van der Waals surface area contributed by atoms with Crippen molar-refractivity contribution >= 4 is 21.6 Å². The van der Waals surface area contributed by atoms with Crippen LogP contribution in [0.2, 0.25) is 0 Å². The maximum atomic E-state index is 13.4. The second kappa shape index (κ2) is 5.42. The highest BCUT2D eigenvalue weighted by atomic mass is 79.9. The lowest BCUT2D eigenvalue weighted by Crippen LogP contribution is -2.32. The summed E-state index contributed by atoms with van der Waals surface area (Å²) in [6.07, 6.45) is 2.99. The van der Waals surface area contributed by atoms with Crippen LogP contribution in [-0.2, 0) is 0 Å². The fraction of sp³-hybridized carbons (Fsp3) is 0.500. The van der Waals surface area contributed by atoms with Crippen LogP contribution in [0.5, 0.6) is 5.75 Å². The average molecular weight is 334 g/mol. The Hall–Kier alpha value is -1.21. The van der Waals surface area contributed by atoms with Crippen LogP contribution in [0.15, 0.2) is 16.6 Å². The summed E-state index contributed by atoms with van der Waals surface area (Å²) in [6.45, 7) is -0.0606. The summed E-state index contributed by atoms with van der Waals surface area (Å²) >= 11 is 2.89. The number of hydrogen-bond acceptors (Lipinski definition) is 4. The van der Waals surface area contributed by atoms with E-state index in [0.717, 1.165) is 25.0 Å². The lowest BCUT2D eigenvalue weighted by atomic mass is 10.0. The number of nitrogens with zero attached hydrogens (tertiary/aromatic N) is 1. The monoisotopic (exact) mass is 333 g/mol. The van der Waals surface area contributed by atoms with Gasteiger partial charge >= 0.3 is 5.69 Å². The second-order valence-corrected chi connectivity index (χ2v) is 5.57. The Morgan fingerprint density at radius 2 is 2.11 bits per heavy atom. The SMILES string of the molecule is O=[N+]([O-])c1cc(Br)c(F)cc1OCC1(O)CCCC1. The Morgan fingerprint density at radius 1 is 1.47 bits per heavy atom. The molecule has 1 aliphatic rings. The molecule has 0 unspecified atom stereocenters. The molecule has 0 aliphatic heterocycles. The largest absolute Gasteiger partial charge is 0.484 e. The molecule has 0 aromatic heterocycles. The van der Waals surface area contributed by atoms with Crippen molar-refractivity contribution in [3.63, 3.8) is 0 Å². The molecular formula is C12H13BrFNO4. The van der Waals surface area contributed by atoms with Crippen LogP contribution in [-0.4, -0.2) is 22.2 Å². The van der Waals surface area contributed by atoms with Crippen LogP contribution in [0.1, 0.15) is 25.7 Å². The van der Waals surface area contributed by atoms with Crippen LogP contribution < -0.4 is 4.74 Å². The molecule has 19 heavy (non-hydrogen) atoms. The summed E-state index contributed by atoms with van der Waals surface area (Å²) in [5.74, 6) is -0.801. The lowest BCUT2D eigenvalue weighted by Gasteiger charge is -2.22. The second-order valence-electron chi connectivity index (χ2n) is 4.71. The van der Waals surface area contributed by atoms with Gasteiger partial charge in [-0.1, -0.05) is 12.8 Å². The molecule has 0 atom stereocenters. The third-order valence-electron chi connectivity index (χ3n) is 3.23. The number of nitro groups is 1. The van der Waals surface area contributed by atoms with Gasteiger partial charge in [0.05, 0.1) is 15.0 Å². The van der Waals surface area contributed by atoms with Gasteiger partial charge in [0.2, 0.25) is 0 Å². The van der Waals surface area contributed by atoms with E-state index in [-0.39, 0.29) is 22.5 Å². The van der Waals surface area contributed by atoms with Gasteiger partial charge in [-0.15, -0.1) is 0 Å². The molecule has 1 aliphatic carbocycles. The number of ether oxygens (including phenoxy) is 1. The van der Waals surface area contributed by atoms with E-state index in [1.165, 1.54) is 0 Å². The summed E-state index contributed by atoms with van der Waals surface area (Å²) < 4.78 is 18.7.